The Hall–Kier alpha value is -2.72. The summed E-state index contributed by atoms with van der Waals surface area (Å²) in [6, 6.07) is 2.94. The molecule has 1 aromatic carbocycles. The molecule has 1 unspecified atom stereocenters. The Labute approximate surface area is 130 Å². The molecular formula is C11H11ClN4O6. The highest BCUT2D eigenvalue weighted by atomic mass is 35.5. The molecule has 0 radical (unpaired) electrons. The molecule has 0 saturated heterocycles. The predicted octanol–water partition coefficient (Wildman–Crippen LogP) is -2.74. The zero-order valence-electron chi connectivity index (χ0n) is 11.3. The third kappa shape index (κ3) is 3.68. The number of nitro benzene ring substituents is 2. The molecule has 22 heavy (non-hydrogen) atoms. The molecule has 0 aliphatic carbocycles. The first-order valence-electron chi connectivity index (χ1n) is 5.78. The number of rotatable bonds is 3. The third-order valence-electron chi connectivity index (χ3n) is 2.76. The molecule has 0 saturated carbocycles. The number of hydrogen-bond donors (Lipinski definition) is 1. The van der Waals surface area contributed by atoms with Crippen molar-refractivity contribution in [2.75, 3.05) is 13.7 Å². The van der Waals surface area contributed by atoms with Gasteiger partial charge in [0.1, 0.15) is 11.9 Å². The molecule has 1 amide bonds. The minimum atomic E-state index is -0.897. The lowest BCUT2D eigenvalue weighted by molar-refractivity contribution is -0.767. The van der Waals surface area contributed by atoms with E-state index in [1.165, 1.54) is 0 Å². The first-order chi connectivity index (χ1) is 9.88. The molecule has 0 spiro atoms. The van der Waals surface area contributed by atoms with E-state index in [4.69, 9.17) is 4.74 Å². The Morgan fingerprint density at radius 1 is 1.27 bits per heavy atom. The molecule has 11 heteroatoms. The van der Waals surface area contributed by atoms with Gasteiger partial charge in [0.05, 0.1) is 22.1 Å². The fourth-order valence-electron chi connectivity index (χ4n) is 1.76. The zero-order valence-corrected chi connectivity index (χ0v) is 12.0. The number of nitrogens with one attached hydrogen (secondary N) is 1. The molecule has 1 aliphatic rings. The molecule has 1 heterocycles. The molecule has 0 aromatic heterocycles. The summed E-state index contributed by atoms with van der Waals surface area (Å²) in [6.07, 6.45) is 2.61. The topological polar surface area (TPSA) is 120 Å². The normalized spacial score (nSPS) is 16.0. The molecule has 0 fully saturated rings. The molecule has 2 rings (SSSR count). The summed E-state index contributed by atoms with van der Waals surface area (Å²) in [7, 11) is 1.77. The molecule has 1 N–H and O–H groups in total. The fourth-order valence-corrected chi connectivity index (χ4v) is 1.76. The standard InChI is InChI=1S/C11H10N4O6.ClH/c1-12-4-5-13(7-12)11(16)21-8-2-3-9(14(17)18)10(6-8)15(19)20;/h2-6H,7H2,1H3;1H. The van der Waals surface area contributed by atoms with Crippen LogP contribution < -0.4 is 22.0 Å². The van der Waals surface area contributed by atoms with E-state index in [0.717, 1.165) is 18.2 Å². The maximum absolute atomic E-state index is 11.8. The molecule has 118 valence electrons. The number of quaternary nitrogens is 1. The van der Waals surface area contributed by atoms with Crippen LogP contribution in [0.2, 0.25) is 0 Å². The van der Waals surface area contributed by atoms with Crippen LogP contribution in [-0.2, 0) is 0 Å². The van der Waals surface area contributed by atoms with E-state index in [0.29, 0.717) is 11.6 Å². The van der Waals surface area contributed by atoms with E-state index in [1.807, 2.05) is 0 Å². The quantitative estimate of drug-likeness (QED) is 0.471. The van der Waals surface area contributed by atoms with Crippen molar-refractivity contribution in [3.8, 4) is 5.75 Å². The van der Waals surface area contributed by atoms with E-state index < -0.39 is 27.3 Å². The Kier molecular flexibility index (Phi) is 5.38. The van der Waals surface area contributed by atoms with Crippen molar-refractivity contribution in [3.05, 3.63) is 50.8 Å². The van der Waals surface area contributed by atoms with Gasteiger partial charge >= 0.3 is 17.5 Å². The van der Waals surface area contributed by atoms with Crippen LogP contribution >= 0.6 is 0 Å². The summed E-state index contributed by atoms with van der Waals surface area (Å²) in [5.74, 6) is -0.118. The largest absolute Gasteiger partial charge is 1.00 e. The second-order valence-electron chi connectivity index (χ2n) is 4.31. The summed E-state index contributed by atoms with van der Waals surface area (Å²) in [5, 5.41) is 21.5. The number of carbonyl (C=O) groups excluding carboxylic acids is 1. The van der Waals surface area contributed by atoms with E-state index in [2.05, 4.69) is 0 Å². The van der Waals surface area contributed by atoms with Gasteiger partial charge in [-0.3, -0.25) is 20.2 Å². The second kappa shape index (κ2) is 6.83. The van der Waals surface area contributed by atoms with E-state index >= 15 is 0 Å². The number of halogens is 1. The number of amides is 1. The van der Waals surface area contributed by atoms with Crippen molar-refractivity contribution in [1.29, 1.82) is 0 Å². The number of benzene rings is 1. The molecule has 1 aromatic rings. The first kappa shape index (κ1) is 17.3. The van der Waals surface area contributed by atoms with Crippen molar-refractivity contribution in [1.82, 2.24) is 4.90 Å². The maximum atomic E-state index is 11.8. The van der Waals surface area contributed by atoms with Gasteiger partial charge in [-0.25, -0.2) is 0 Å². The Balaban J connectivity index is 0.00000242. The van der Waals surface area contributed by atoms with Crippen LogP contribution in [0, 0.1) is 20.2 Å². The minimum absolute atomic E-state index is 0. The van der Waals surface area contributed by atoms with Gasteiger partial charge in [0.2, 0.25) is 0 Å². The third-order valence-corrected chi connectivity index (χ3v) is 2.76. The molecule has 1 aliphatic heterocycles. The summed E-state index contributed by atoms with van der Waals surface area (Å²) in [5.41, 5.74) is -1.39. The van der Waals surface area contributed by atoms with Gasteiger partial charge in [-0.15, -0.1) is 0 Å². The van der Waals surface area contributed by atoms with E-state index in [9.17, 15) is 25.0 Å². The van der Waals surface area contributed by atoms with Gasteiger partial charge in [-0.1, -0.05) is 0 Å². The number of carbonyl (C=O) groups is 1. The van der Waals surface area contributed by atoms with Crippen LogP contribution in [0.3, 0.4) is 0 Å². The van der Waals surface area contributed by atoms with Gasteiger partial charge in [0.25, 0.3) is 0 Å². The van der Waals surface area contributed by atoms with Gasteiger partial charge in [-0.05, 0) is 6.07 Å². The van der Waals surface area contributed by atoms with Crippen molar-refractivity contribution < 1.29 is 36.7 Å². The van der Waals surface area contributed by atoms with E-state index in [1.54, 1.807) is 24.3 Å². The Morgan fingerprint density at radius 2 is 1.91 bits per heavy atom. The van der Waals surface area contributed by atoms with Gasteiger partial charge in [-0.2, -0.15) is 9.69 Å². The number of nitrogens with zero attached hydrogens (tertiary/aromatic N) is 3. The second-order valence-corrected chi connectivity index (χ2v) is 4.31. The molecule has 10 nitrogen and oxygen atoms in total. The summed E-state index contributed by atoms with van der Waals surface area (Å²) in [4.78, 5) is 33.7. The Bertz CT molecular complexity index is 649. The Morgan fingerprint density at radius 3 is 2.41 bits per heavy atom. The monoisotopic (exact) mass is 330 g/mol. The lowest BCUT2D eigenvalue weighted by Gasteiger charge is -2.10. The van der Waals surface area contributed by atoms with Crippen LogP contribution in [0.25, 0.3) is 0 Å². The van der Waals surface area contributed by atoms with Gasteiger partial charge in [0, 0.05) is 13.1 Å². The lowest BCUT2D eigenvalue weighted by atomic mass is 10.2. The summed E-state index contributed by atoms with van der Waals surface area (Å²) < 4.78 is 4.99. The lowest BCUT2D eigenvalue weighted by Crippen LogP contribution is -3.10. The van der Waals surface area contributed by atoms with Crippen molar-refractivity contribution >= 4 is 17.5 Å². The summed E-state index contributed by atoms with van der Waals surface area (Å²) in [6.45, 7) is 0.369. The average Bonchev–Trinajstić information content (AvgIpc) is 2.85. The maximum Gasteiger partial charge on any atom is 0.526 e. The number of ether oxygens (including phenoxy) is 1. The predicted molar refractivity (Wildman–Crippen MR) is 68.5 cm³/mol. The molecule has 0 bridgehead atoms. The number of hydrogen-bond acceptors (Lipinski definition) is 7. The van der Waals surface area contributed by atoms with Crippen LogP contribution in [0.15, 0.2) is 30.6 Å². The van der Waals surface area contributed by atoms with Crippen LogP contribution in [0.4, 0.5) is 16.2 Å². The number of nitro groups is 2. The average molecular weight is 331 g/mol. The molecule has 1 atom stereocenters. The first-order valence-corrected chi connectivity index (χ1v) is 5.78. The highest BCUT2D eigenvalue weighted by Crippen LogP contribution is 2.30. The van der Waals surface area contributed by atoms with Crippen LogP contribution in [-0.4, -0.2) is 34.6 Å². The van der Waals surface area contributed by atoms with E-state index in [-0.39, 0.29) is 18.2 Å². The van der Waals surface area contributed by atoms with Crippen LogP contribution in [0.5, 0.6) is 5.75 Å². The smallest absolute Gasteiger partial charge is 0.526 e. The summed E-state index contributed by atoms with van der Waals surface area (Å²) >= 11 is 0. The van der Waals surface area contributed by atoms with Crippen molar-refractivity contribution in [2.24, 2.45) is 0 Å². The fraction of sp³-hybridized carbons (Fsp3) is 0.182. The molecular weight excluding hydrogens is 320 g/mol. The zero-order chi connectivity index (χ0) is 15.6. The van der Waals surface area contributed by atoms with Crippen molar-refractivity contribution in [3.63, 3.8) is 0 Å². The highest BCUT2D eigenvalue weighted by Gasteiger charge is 2.28. The van der Waals surface area contributed by atoms with Crippen molar-refractivity contribution in [2.45, 2.75) is 0 Å². The van der Waals surface area contributed by atoms with Gasteiger partial charge < -0.3 is 22.0 Å². The minimum Gasteiger partial charge on any atom is -1.00 e. The van der Waals surface area contributed by atoms with Gasteiger partial charge in [0.15, 0.2) is 6.67 Å². The SMILES string of the molecule is CN1C=C[NH+](C(=O)Oc2ccc([N+](=O)[O-])c([N+](=O)[O-])c2)C1.[Cl-]. The van der Waals surface area contributed by atoms with Crippen LogP contribution in [0.1, 0.15) is 0 Å². The highest BCUT2D eigenvalue weighted by molar-refractivity contribution is 5.64.